The van der Waals surface area contributed by atoms with E-state index in [1.54, 1.807) is 30.3 Å². The van der Waals surface area contributed by atoms with Crippen LogP contribution in [-0.2, 0) is 20.8 Å². The van der Waals surface area contributed by atoms with Crippen LogP contribution in [-0.4, -0.2) is 77.4 Å². The number of rotatable bonds is 14. The summed E-state index contributed by atoms with van der Waals surface area (Å²) in [7, 11) is 0. The van der Waals surface area contributed by atoms with Crippen molar-refractivity contribution in [3.8, 4) is 5.75 Å². The maximum atomic E-state index is 13.3. The van der Waals surface area contributed by atoms with Gasteiger partial charge in [0, 0.05) is 44.4 Å². The van der Waals surface area contributed by atoms with Gasteiger partial charge in [-0.2, -0.15) is 0 Å². The fourth-order valence-electron chi connectivity index (χ4n) is 4.05. The SMILES string of the molecule is NCCN(CCN)C(=O)CC[C@H](N)C(=O)N[C@H](Cc1ccc(OC(F)(F)F)cc1)C(=O)Nc1cc2ccccc2nn1.[Cl-].[Cl-].[Cl-].[Cl-]. The van der Waals surface area contributed by atoms with Crippen molar-refractivity contribution in [1.82, 2.24) is 20.4 Å². The number of anilines is 1. The number of carbonyl (C=O) groups is 3. The minimum Gasteiger partial charge on any atom is -1.00 e. The van der Waals surface area contributed by atoms with E-state index in [9.17, 15) is 27.6 Å². The maximum Gasteiger partial charge on any atom is 0.573 e. The Balaban J connectivity index is 0. The monoisotopic (exact) mass is 730 g/mol. The van der Waals surface area contributed by atoms with Gasteiger partial charge in [-0.05, 0) is 36.2 Å². The van der Waals surface area contributed by atoms with Crippen LogP contribution in [0.3, 0.4) is 0 Å². The van der Waals surface area contributed by atoms with Gasteiger partial charge in [0.25, 0.3) is 0 Å². The maximum absolute atomic E-state index is 13.3. The highest BCUT2D eigenvalue weighted by Crippen LogP contribution is 2.23. The van der Waals surface area contributed by atoms with Crippen molar-refractivity contribution in [2.75, 3.05) is 31.5 Å². The summed E-state index contributed by atoms with van der Waals surface area (Å²) in [6.45, 7) is 1.12. The summed E-state index contributed by atoms with van der Waals surface area (Å²) in [4.78, 5) is 40.2. The molecule has 0 radical (unpaired) electrons. The van der Waals surface area contributed by atoms with Crippen molar-refractivity contribution < 1.29 is 81.9 Å². The van der Waals surface area contributed by atoms with Gasteiger partial charge in [0.2, 0.25) is 17.7 Å². The number of ether oxygens (including phenoxy) is 1. The first-order chi connectivity index (χ1) is 20.0. The zero-order valence-electron chi connectivity index (χ0n) is 24.2. The average Bonchev–Trinajstić information content (AvgIpc) is 2.95. The van der Waals surface area contributed by atoms with E-state index in [4.69, 9.17) is 17.2 Å². The second-order valence-electron chi connectivity index (χ2n) is 9.34. The number of halogens is 7. The van der Waals surface area contributed by atoms with E-state index in [1.165, 1.54) is 17.0 Å². The van der Waals surface area contributed by atoms with Gasteiger partial charge in [-0.15, -0.1) is 23.4 Å². The van der Waals surface area contributed by atoms with Crippen molar-refractivity contribution in [2.24, 2.45) is 17.2 Å². The van der Waals surface area contributed by atoms with Crippen molar-refractivity contribution in [2.45, 2.75) is 37.7 Å². The third kappa shape index (κ3) is 14.5. The van der Waals surface area contributed by atoms with E-state index in [0.29, 0.717) is 29.6 Å². The Morgan fingerprint density at radius 3 is 2.09 bits per heavy atom. The molecule has 0 saturated carbocycles. The smallest absolute Gasteiger partial charge is 0.573 e. The lowest BCUT2D eigenvalue weighted by Gasteiger charge is -2.23. The van der Waals surface area contributed by atoms with E-state index in [2.05, 4.69) is 25.6 Å². The Bertz CT molecular complexity index is 1370. The quantitative estimate of drug-likeness (QED) is 0.107. The number of alkyl halides is 3. The lowest BCUT2D eigenvalue weighted by molar-refractivity contribution is -0.274. The van der Waals surface area contributed by atoms with Crippen LogP contribution >= 0.6 is 0 Å². The Morgan fingerprint density at radius 1 is 0.891 bits per heavy atom. The van der Waals surface area contributed by atoms with Crippen LogP contribution in [0.4, 0.5) is 19.0 Å². The van der Waals surface area contributed by atoms with Gasteiger partial charge in [-0.1, -0.05) is 30.3 Å². The van der Waals surface area contributed by atoms with Gasteiger partial charge in [-0.25, -0.2) is 0 Å². The average molecular weight is 732 g/mol. The predicted octanol–water partition coefficient (Wildman–Crippen LogP) is -10.9. The molecular weight excluding hydrogens is 699 g/mol. The molecule has 12 nitrogen and oxygen atoms in total. The molecule has 2 aromatic carbocycles. The molecule has 1 heterocycles. The minimum atomic E-state index is -4.86. The molecule has 0 aliphatic rings. The molecule has 0 spiro atoms. The number of carbonyl (C=O) groups excluding carboxylic acids is 3. The lowest BCUT2D eigenvalue weighted by Crippen LogP contribution is -3.00. The fraction of sp³-hybridized carbons (Fsp3) is 0.370. The van der Waals surface area contributed by atoms with E-state index in [1.807, 2.05) is 0 Å². The standard InChI is InChI=1S/C27H33F3N8O4.4ClH/c28-27(29,30)42-19-7-5-17(6-8-19)15-22(26(41)35-23-16-18-3-1-2-4-21(18)36-37-23)34-25(40)20(33)9-10-24(39)38(13-11-31)14-12-32;;;;/h1-8,16,20,22H,9-15,31-33H2,(H,34,40)(H,35,37,41);4*1H/p-4/t20-,22+;;;;/m0..../s1. The van der Waals surface area contributed by atoms with Crippen molar-refractivity contribution in [3.63, 3.8) is 0 Å². The van der Waals surface area contributed by atoms with E-state index in [0.717, 1.165) is 12.1 Å². The molecule has 2 atom stereocenters. The van der Waals surface area contributed by atoms with E-state index >= 15 is 0 Å². The molecule has 0 unspecified atom stereocenters. The number of hydrogen-bond acceptors (Lipinski definition) is 9. The summed E-state index contributed by atoms with van der Waals surface area (Å²) >= 11 is 0. The number of fused-ring (bicyclic) bond motifs is 1. The fourth-order valence-corrected chi connectivity index (χ4v) is 4.05. The Labute approximate surface area is 288 Å². The lowest BCUT2D eigenvalue weighted by atomic mass is 10.0. The molecule has 0 aliphatic heterocycles. The molecule has 8 N–H and O–H groups in total. The van der Waals surface area contributed by atoms with Gasteiger partial charge in [0.1, 0.15) is 11.8 Å². The van der Waals surface area contributed by atoms with Crippen LogP contribution in [0.25, 0.3) is 10.9 Å². The van der Waals surface area contributed by atoms with Crippen LogP contribution < -0.4 is 82.2 Å². The van der Waals surface area contributed by atoms with Crippen LogP contribution in [0, 0.1) is 0 Å². The van der Waals surface area contributed by atoms with Crippen molar-refractivity contribution in [3.05, 3.63) is 60.2 Å². The number of nitrogens with one attached hydrogen (secondary N) is 2. The van der Waals surface area contributed by atoms with Gasteiger partial charge in [0.05, 0.1) is 11.6 Å². The molecule has 3 amide bonds. The van der Waals surface area contributed by atoms with Crippen LogP contribution in [0.5, 0.6) is 5.75 Å². The Hall–Kier alpha value is -3.18. The number of nitrogens with two attached hydrogens (primary N) is 3. The third-order valence-corrected chi connectivity index (χ3v) is 6.13. The Morgan fingerprint density at radius 2 is 1.50 bits per heavy atom. The van der Waals surface area contributed by atoms with E-state index in [-0.39, 0.29) is 93.7 Å². The van der Waals surface area contributed by atoms with E-state index < -0.39 is 36.0 Å². The molecule has 0 saturated heterocycles. The second kappa shape index (κ2) is 21.6. The predicted molar refractivity (Wildman–Crippen MR) is 149 cm³/mol. The number of aromatic nitrogens is 2. The normalized spacial score (nSPS) is 11.7. The Kier molecular flexibility index (Phi) is 21.1. The summed E-state index contributed by atoms with van der Waals surface area (Å²) in [5.41, 5.74) is 18.2. The first-order valence-electron chi connectivity index (χ1n) is 13.1. The molecule has 19 heteroatoms. The number of benzene rings is 2. The molecule has 3 rings (SSSR count). The van der Waals surface area contributed by atoms with Crippen LogP contribution in [0.15, 0.2) is 54.6 Å². The highest BCUT2D eigenvalue weighted by molar-refractivity contribution is 5.98. The summed E-state index contributed by atoms with van der Waals surface area (Å²) in [5, 5.41) is 13.9. The number of nitrogens with zero attached hydrogens (tertiary/aromatic N) is 3. The first kappa shape index (κ1) is 44.9. The molecule has 0 bridgehead atoms. The zero-order valence-corrected chi connectivity index (χ0v) is 27.2. The topological polar surface area (TPSA) is 192 Å². The summed E-state index contributed by atoms with van der Waals surface area (Å²) in [5.74, 6) is -1.94. The number of amides is 3. The summed E-state index contributed by atoms with van der Waals surface area (Å²) in [6.07, 6.45) is -5.01. The van der Waals surface area contributed by atoms with Gasteiger partial charge < -0.3 is 87.1 Å². The van der Waals surface area contributed by atoms with Gasteiger partial charge in [-0.3, -0.25) is 14.4 Å². The van der Waals surface area contributed by atoms with Gasteiger partial charge >= 0.3 is 6.36 Å². The summed E-state index contributed by atoms with van der Waals surface area (Å²) in [6, 6.07) is 11.3. The molecule has 0 fully saturated rings. The largest absolute Gasteiger partial charge is 1.00 e. The summed E-state index contributed by atoms with van der Waals surface area (Å²) < 4.78 is 41.5. The molecule has 46 heavy (non-hydrogen) atoms. The molecule has 3 aromatic rings. The second-order valence-corrected chi connectivity index (χ2v) is 9.34. The zero-order chi connectivity index (χ0) is 30.7. The highest BCUT2D eigenvalue weighted by Gasteiger charge is 2.31. The van der Waals surface area contributed by atoms with Crippen LogP contribution in [0.1, 0.15) is 18.4 Å². The van der Waals surface area contributed by atoms with Gasteiger partial charge in [0.15, 0.2) is 5.82 Å². The number of hydrogen-bond donors (Lipinski definition) is 5. The molecular formula is C27H33Cl4F3N8O4-4. The third-order valence-electron chi connectivity index (χ3n) is 6.13. The molecule has 1 aromatic heterocycles. The molecule has 258 valence electrons. The highest BCUT2D eigenvalue weighted by atomic mass is 35.5. The van der Waals surface area contributed by atoms with Crippen molar-refractivity contribution >= 4 is 34.4 Å². The van der Waals surface area contributed by atoms with Crippen LogP contribution in [0.2, 0.25) is 0 Å². The van der Waals surface area contributed by atoms with Crippen molar-refractivity contribution in [1.29, 1.82) is 0 Å². The first-order valence-corrected chi connectivity index (χ1v) is 13.1. The molecule has 0 aliphatic carbocycles. The minimum absolute atomic E-state index is 0.